The molecule has 2 fully saturated rings. The first-order chi connectivity index (χ1) is 11.4. The van der Waals surface area contributed by atoms with Crippen molar-refractivity contribution < 1.29 is 13.2 Å². The first-order valence-corrected chi connectivity index (χ1v) is 10.1. The van der Waals surface area contributed by atoms with Gasteiger partial charge in [0.15, 0.2) is 0 Å². The third-order valence-corrected chi connectivity index (χ3v) is 5.22. The summed E-state index contributed by atoms with van der Waals surface area (Å²) >= 11 is 0. The van der Waals surface area contributed by atoms with E-state index in [0.717, 1.165) is 12.8 Å². The first kappa shape index (κ1) is 17.1. The zero-order valence-corrected chi connectivity index (χ0v) is 14.5. The standard InChI is InChI=1S/C15H23N5O3S/c1-24(22,23)18-8-5-14(21)19-13-10-20(9-12(13)11-3-4-11)15-16-6-2-7-17-15/h2,6-7,11-13,18H,3-5,8-10H2,1H3,(H,19,21)/t12-,13+/m1/s1. The Hall–Kier alpha value is -1.74. The lowest BCUT2D eigenvalue weighted by Gasteiger charge is -2.19. The van der Waals surface area contributed by atoms with E-state index in [1.54, 1.807) is 18.5 Å². The smallest absolute Gasteiger partial charge is 0.225 e. The second-order valence-electron chi connectivity index (χ2n) is 6.55. The van der Waals surface area contributed by atoms with E-state index in [1.165, 1.54) is 12.8 Å². The molecule has 9 heteroatoms. The van der Waals surface area contributed by atoms with E-state index in [9.17, 15) is 13.2 Å². The van der Waals surface area contributed by atoms with Gasteiger partial charge in [0.25, 0.3) is 0 Å². The van der Waals surface area contributed by atoms with E-state index >= 15 is 0 Å². The van der Waals surface area contributed by atoms with Crippen molar-refractivity contribution in [3.8, 4) is 0 Å². The Kier molecular flexibility index (Phi) is 5.00. The Morgan fingerprint density at radius 3 is 2.62 bits per heavy atom. The fourth-order valence-electron chi connectivity index (χ4n) is 3.23. The lowest BCUT2D eigenvalue weighted by Crippen LogP contribution is -2.42. The van der Waals surface area contributed by atoms with Crippen molar-refractivity contribution in [1.82, 2.24) is 20.0 Å². The number of nitrogens with one attached hydrogen (secondary N) is 2. The Balaban J connectivity index is 1.56. The maximum Gasteiger partial charge on any atom is 0.225 e. The minimum absolute atomic E-state index is 0.0621. The van der Waals surface area contributed by atoms with Gasteiger partial charge < -0.3 is 10.2 Å². The van der Waals surface area contributed by atoms with Crippen LogP contribution in [0.5, 0.6) is 0 Å². The van der Waals surface area contributed by atoms with Crippen LogP contribution in [0.25, 0.3) is 0 Å². The minimum atomic E-state index is -3.26. The molecule has 1 aliphatic heterocycles. The van der Waals surface area contributed by atoms with Crippen molar-refractivity contribution in [1.29, 1.82) is 0 Å². The normalized spacial score (nSPS) is 24.1. The molecule has 1 saturated carbocycles. The number of carbonyl (C=O) groups is 1. The number of anilines is 1. The number of nitrogens with zero attached hydrogens (tertiary/aromatic N) is 3. The summed E-state index contributed by atoms with van der Waals surface area (Å²) in [6.45, 7) is 1.66. The number of rotatable bonds is 7. The first-order valence-electron chi connectivity index (χ1n) is 8.18. The van der Waals surface area contributed by atoms with Gasteiger partial charge in [-0.2, -0.15) is 0 Å². The lowest BCUT2D eigenvalue weighted by molar-refractivity contribution is -0.121. The van der Waals surface area contributed by atoms with Gasteiger partial charge in [-0.15, -0.1) is 0 Å². The molecule has 2 N–H and O–H groups in total. The highest BCUT2D eigenvalue weighted by molar-refractivity contribution is 7.88. The van der Waals surface area contributed by atoms with E-state index in [0.29, 0.717) is 24.3 Å². The van der Waals surface area contributed by atoms with Gasteiger partial charge in [-0.1, -0.05) is 0 Å². The topological polar surface area (TPSA) is 104 Å². The fraction of sp³-hybridized carbons (Fsp3) is 0.667. The Bertz CT molecular complexity index is 678. The van der Waals surface area contributed by atoms with Crippen molar-refractivity contribution in [2.24, 2.45) is 11.8 Å². The van der Waals surface area contributed by atoms with Crippen LogP contribution in [0.2, 0.25) is 0 Å². The molecule has 1 aromatic rings. The van der Waals surface area contributed by atoms with Gasteiger partial charge in [-0.3, -0.25) is 4.79 Å². The zero-order chi connectivity index (χ0) is 17.2. The maximum absolute atomic E-state index is 12.1. The summed E-state index contributed by atoms with van der Waals surface area (Å²) < 4.78 is 24.4. The van der Waals surface area contributed by atoms with Crippen LogP contribution in [0.3, 0.4) is 0 Å². The predicted molar refractivity (Wildman–Crippen MR) is 89.9 cm³/mol. The van der Waals surface area contributed by atoms with Crippen LogP contribution in [0, 0.1) is 11.8 Å². The molecule has 2 atom stereocenters. The third kappa shape index (κ3) is 4.64. The maximum atomic E-state index is 12.1. The van der Waals surface area contributed by atoms with Crippen LogP contribution >= 0.6 is 0 Å². The molecule has 0 bridgehead atoms. The highest BCUT2D eigenvalue weighted by Crippen LogP contribution is 2.41. The second-order valence-corrected chi connectivity index (χ2v) is 8.38. The minimum Gasteiger partial charge on any atom is -0.351 e. The molecule has 0 radical (unpaired) electrons. The summed E-state index contributed by atoms with van der Waals surface area (Å²) in [4.78, 5) is 22.8. The van der Waals surface area contributed by atoms with Crippen molar-refractivity contribution in [2.75, 3.05) is 30.8 Å². The Labute approximate surface area is 142 Å². The van der Waals surface area contributed by atoms with Gasteiger partial charge in [0, 0.05) is 44.4 Å². The zero-order valence-electron chi connectivity index (χ0n) is 13.7. The molecule has 1 amide bonds. The van der Waals surface area contributed by atoms with Gasteiger partial charge in [0.2, 0.25) is 21.9 Å². The van der Waals surface area contributed by atoms with Crippen LogP contribution < -0.4 is 14.9 Å². The van der Waals surface area contributed by atoms with Gasteiger partial charge in [-0.25, -0.2) is 23.1 Å². The van der Waals surface area contributed by atoms with E-state index in [4.69, 9.17) is 0 Å². The molecule has 0 unspecified atom stereocenters. The number of sulfonamides is 1. The summed E-state index contributed by atoms with van der Waals surface area (Å²) in [5.74, 6) is 1.62. The molecular formula is C15H23N5O3S. The Morgan fingerprint density at radius 2 is 2.00 bits per heavy atom. The molecule has 1 aromatic heterocycles. The fourth-order valence-corrected chi connectivity index (χ4v) is 3.70. The third-order valence-electron chi connectivity index (χ3n) is 4.49. The average molecular weight is 353 g/mol. The molecule has 2 heterocycles. The molecule has 3 rings (SSSR count). The number of amides is 1. The van der Waals surface area contributed by atoms with Crippen molar-refractivity contribution in [3.05, 3.63) is 18.5 Å². The monoisotopic (exact) mass is 353 g/mol. The highest BCUT2D eigenvalue weighted by Gasteiger charge is 2.43. The summed E-state index contributed by atoms with van der Waals surface area (Å²) in [6.07, 6.45) is 7.08. The average Bonchev–Trinajstić information content (AvgIpc) is 3.28. The van der Waals surface area contributed by atoms with Crippen molar-refractivity contribution in [2.45, 2.75) is 25.3 Å². The van der Waals surface area contributed by atoms with Crippen LogP contribution in [0.15, 0.2) is 18.5 Å². The van der Waals surface area contributed by atoms with Crippen LogP contribution in [0.4, 0.5) is 5.95 Å². The van der Waals surface area contributed by atoms with E-state index in [-0.39, 0.29) is 24.9 Å². The van der Waals surface area contributed by atoms with Gasteiger partial charge in [0.1, 0.15) is 0 Å². The SMILES string of the molecule is CS(=O)(=O)NCCC(=O)N[C@H]1CN(c2ncccn2)C[C@@H]1C1CC1. The molecule has 1 aliphatic carbocycles. The van der Waals surface area contributed by atoms with E-state index < -0.39 is 10.0 Å². The summed E-state index contributed by atoms with van der Waals surface area (Å²) in [6, 6.07) is 1.85. The van der Waals surface area contributed by atoms with Gasteiger partial charge in [-0.05, 0) is 24.8 Å². The molecule has 8 nitrogen and oxygen atoms in total. The molecule has 2 aliphatic rings. The summed E-state index contributed by atoms with van der Waals surface area (Å²) in [7, 11) is -3.26. The number of carbonyl (C=O) groups excluding carboxylic acids is 1. The molecular weight excluding hydrogens is 330 g/mol. The quantitative estimate of drug-likeness (QED) is 0.700. The largest absolute Gasteiger partial charge is 0.351 e. The molecule has 24 heavy (non-hydrogen) atoms. The summed E-state index contributed by atoms with van der Waals surface area (Å²) in [5.41, 5.74) is 0. The second kappa shape index (κ2) is 7.02. The van der Waals surface area contributed by atoms with Crippen molar-refractivity contribution in [3.63, 3.8) is 0 Å². The molecule has 0 spiro atoms. The van der Waals surface area contributed by atoms with Crippen LogP contribution in [0.1, 0.15) is 19.3 Å². The predicted octanol–water partition coefficient (Wildman–Crippen LogP) is -0.253. The number of hydrogen-bond acceptors (Lipinski definition) is 6. The van der Waals surface area contributed by atoms with Gasteiger partial charge >= 0.3 is 0 Å². The lowest BCUT2D eigenvalue weighted by atomic mass is 9.98. The van der Waals surface area contributed by atoms with Crippen molar-refractivity contribution >= 4 is 21.9 Å². The van der Waals surface area contributed by atoms with E-state index in [2.05, 4.69) is 24.9 Å². The number of aromatic nitrogens is 2. The van der Waals surface area contributed by atoms with Gasteiger partial charge in [0.05, 0.1) is 12.3 Å². The molecule has 132 valence electrons. The Morgan fingerprint density at radius 1 is 1.29 bits per heavy atom. The molecule has 0 aromatic carbocycles. The number of hydrogen-bond donors (Lipinski definition) is 2. The van der Waals surface area contributed by atoms with Crippen LogP contribution in [-0.2, 0) is 14.8 Å². The highest BCUT2D eigenvalue weighted by atomic mass is 32.2. The van der Waals surface area contributed by atoms with E-state index in [1.807, 2.05) is 0 Å². The summed E-state index contributed by atoms with van der Waals surface area (Å²) in [5, 5.41) is 3.07. The molecule has 1 saturated heterocycles. The van der Waals surface area contributed by atoms with Crippen LogP contribution in [-0.4, -0.2) is 56.2 Å².